The molecule has 0 amide bonds. The summed E-state index contributed by atoms with van der Waals surface area (Å²) in [6, 6.07) is 0. The molecule has 2 heteroatoms. The van der Waals surface area contributed by atoms with E-state index in [2.05, 4.69) is 31.0 Å². The van der Waals surface area contributed by atoms with Crippen molar-refractivity contribution in [1.29, 1.82) is 0 Å². The standard InChI is InChI=1S/C13H28N2/c1-4-5-7-15-8-6-13(11-15)10-14-9-12(2)3/h12-14H,4-11H2,1-3H3. The number of hydrogen-bond acceptors (Lipinski definition) is 2. The van der Waals surface area contributed by atoms with Crippen LogP contribution in [0.3, 0.4) is 0 Å². The molecular formula is C13H28N2. The molecule has 1 aliphatic rings. The average molecular weight is 212 g/mol. The van der Waals surface area contributed by atoms with E-state index in [4.69, 9.17) is 0 Å². The van der Waals surface area contributed by atoms with Gasteiger partial charge in [-0.3, -0.25) is 0 Å². The van der Waals surface area contributed by atoms with E-state index in [1.165, 1.54) is 52.0 Å². The quantitative estimate of drug-likeness (QED) is 0.697. The number of nitrogens with one attached hydrogen (secondary N) is 1. The van der Waals surface area contributed by atoms with Crippen LogP contribution in [0.2, 0.25) is 0 Å². The zero-order valence-electron chi connectivity index (χ0n) is 10.8. The van der Waals surface area contributed by atoms with E-state index in [0.717, 1.165) is 11.8 Å². The van der Waals surface area contributed by atoms with Crippen molar-refractivity contribution < 1.29 is 0 Å². The minimum atomic E-state index is 0.780. The first-order chi connectivity index (χ1) is 7.22. The second-order valence-electron chi connectivity index (χ2n) is 5.36. The summed E-state index contributed by atoms with van der Waals surface area (Å²) in [5.74, 6) is 1.68. The van der Waals surface area contributed by atoms with Crippen LogP contribution in [-0.2, 0) is 0 Å². The van der Waals surface area contributed by atoms with Gasteiger partial charge in [-0.15, -0.1) is 0 Å². The zero-order valence-corrected chi connectivity index (χ0v) is 10.8. The maximum absolute atomic E-state index is 3.58. The number of hydrogen-bond donors (Lipinski definition) is 1. The summed E-state index contributed by atoms with van der Waals surface area (Å²) in [6.45, 7) is 13.2. The Kier molecular flexibility index (Phi) is 6.26. The number of nitrogens with zero attached hydrogens (tertiary/aromatic N) is 1. The lowest BCUT2D eigenvalue weighted by Gasteiger charge is -2.16. The Hall–Kier alpha value is -0.0800. The lowest BCUT2D eigenvalue weighted by molar-refractivity contribution is 0.315. The molecule has 1 heterocycles. The molecule has 1 rings (SSSR count). The molecule has 0 saturated carbocycles. The van der Waals surface area contributed by atoms with Gasteiger partial charge in [-0.05, 0) is 50.9 Å². The molecule has 90 valence electrons. The molecule has 1 N–H and O–H groups in total. The molecule has 0 spiro atoms. The summed E-state index contributed by atoms with van der Waals surface area (Å²) in [7, 11) is 0. The highest BCUT2D eigenvalue weighted by molar-refractivity contribution is 4.77. The van der Waals surface area contributed by atoms with Crippen molar-refractivity contribution in [2.24, 2.45) is 11.8 Å². The third-order valence-electron chi connectivity index (χ3n) is 3.18. The summed E-state index contributed by atoms with van der Waals surface area (Å²) in [4.78, 5) is 2.63. The second kappa shape index (κ2) is 7.24. The van der Waals surface area contributed by atoms with Gasteiger partial charge in [-0.1, -0.05) is 27.2 Å². The molecule has 0 aromatic carbocycles. The Balaban J connectivity index is 2.03. The van der Waals surface area contributed by atoms with E-state index in [1.807, 2.05) is 0 Å². The number of unbranched alkanes of at least 4 members (excludes halogenated alkanes) is 1. The Labute approximate surface area is 95.4 Å². The molecule has 15 heavy (non-hydrogen) atoms. The van der Waals surface area contributed by atoms with Gasteiger partial charge in [-0.2, -0.15) is 0 Å². The highest BCUT2D eigenvalue weighted by Gasteiger charge is 2.21. The summed E-state index contributed by atoms with van der Waals surface area (Å²) in [6.07, 6.45) is 4.09. The first-order valence-electron chi connectivity index (χ1n) is 6.65. The molecule has 1 atom stereocenters. The van der Waals surface area contributed by atoms with Crippen molar-refractivity contribution in [2.45, 2.75) is 40.0 Å². The van der Waals surface area contributed by atoms with Gasteiger partial charge in [0, 0.05) is 6.54 Å². The third-order valence-corrected chi connectivity index (χ3v) is 3.18. The molecule has 2 nitrogen and oxygen atoms in total. The maximum Gasteiger partial charge on any atom is 0.00223 e. The van der Waals surface area contributed by atoms with Gasteiger partial charge in [0.05, 0.1) is 0 Å². The fraction of sp³-hybridized carbons (Fsp3) is 1.00. The van der Waals surface area contributed by atoms with Crippen LogP contribution in [-0.4, -0.2) is 37.6 Å². The SMILES string of the molecule is CCCCN1CCC(CNCC(C)C)C1. The van der Waals surface area contributed by atoms with Crippen LogP contribution in [0.25, 0.3) is 0 Å². The molecule has 0 aromatic heterocycles. The fourth-order valence-electron chi connectivity index (χ4n) is 2.24. The summed E-state index contributed by atoms with van der Waals surface area (Å²) >= 11 is 0. The Morgan fingerprint density at radius 2 is 2.20 bits per heavy atom. The van der Waals surface area contributed by atoms with E-state index in [-0.39, 0.29) is 0 Å². The van der Waals surface area contributed by atoms with Gasteiger partial charge in [-0.25, -0.2) is 0 Å². The second-order valence-corrected chi connectivity index (χ2v) is 5.36. The zero-order chi connectivity index (χ0) is 11.1. The van der Waals surface area contributed by atoms with Gasteiger partial charge in [0.15, 0.2) is 0 Å². The molecular weight excluding hydrogens is 184 g/mol. The Morgan fingerprint density at radius 3 is 2.87 bits per heavy atom. The lowest BCUT2D eigenvalue weighted by atomic mass is 10.1. The van der Waals surface area contributed by atoms with Crippen LogP contribution in [0.4, 0.5) is 0 Å². The maximum atomic E-state index is 3.58. The fourth-order valence-corrected chi connectivity index (χ4v) is 2.24. The predicted molar refractivity (Wildman–Crippen MR) is 67.2 cm³/mol. The van der Waals surface area contributed by atoms with Crippen LogP contribution < -0.4 is 5.32 Å². The van der Waals surface area contributed by atoms with E-state index in [1.54, 1.807) is 0 Å². The first kappa shape index (κ1) is 13.0. The molecule has 1 unspecified atom stereocenters. The molecule has 1 fully saturated rings. The number of rotatable bonds is 7. The van der Waals surface area contributed by atoms with Crippen molar-refractivity contribution in [2.75, 3.05) is 32.7 Å². The van der Waals surface area contributed by atoms with Crippen molar-refractivity contribution in [1.82, 2.24) is 10.2 Å². The van der Waals surface area contributed by atoms with Crippen molar-refractivity contribution in [3.05, 3.63) is 0 Å². The molecule has 0 radical (unpaired) electrons. The van der Waals surface area contributed by atoms with Crippen molar-refractivity contribution >= 4 is 0 Å². The van der Waals surface area contributed by atoms with E-state index >= 15 is 0 Å². The van der Waals surface area contributed by atoms with E-state index < -0.39 is 0 Å². The highest BCUT2D eigenvalue weighted by atomic mass is 15.1. The van der Waals surface area contributed by atoms with Crippen LogP contribution in [0.1, 0.15) is 40.0 Å². The highest BCUT2D eigenvalue weighted by Crippen LogP contribution is 2.15. The minimum absolute atomic E-state index is 0.780. The molecule has 0 aliphatic carbocycles. The minimum Gasteiger partial charge on any atom is -0.316 e. The topological polar surface area (TPSA) is 15.3 Å². The number of likely N-dealkylation sites (tertiary alicyclic amines) is 1. The normalized spacial score (nSPS) is 22.8. The van der Waals surface area contributed by atoms with Crippen molar-refractivity contribution in [3.63, 3.8) is 0 Å². The third kappa shape index (κ3) is 5.53. The molecule has 1 aliphatic heterocycles. The monoisotopic (exact) mass is 212 g/mol. The Bertz CT molecular complexity index is 157. The van der Waals surface area contributed by atoms with Gasteiger partial charge in [0.1, 0.15) is 0 Å². The largest absolute Gasteiger partial charge is 0.316 e. The predicted octanol–water partition coefficient (Wildman–Crippen LogP) is 2.35. The van der Waals surface area contributed by atoms with Gasteiger partial charge < -0.3 is 10.2 Å². The van der Waals surface area contributed by atoms with Crippen LogP contribution in [0.15, 0.2) is 0 Å². The van der Waals surface area contributed by atoms with Crippen molar-refractivity contribution in [3.8, 4) is 0 Å². The summed E-state index contributed by atoms with van der Waals surface area (Å²) < 4.78 is 0. The van der Waals surface area contributed by atoms with Crippen LogP contribution >= 0.6 is 0 Å². The van der Waals surface area contributed by atoms with Crippen LogP contribution in [0.5, 0.6) is 0 Å². The Morgan fingerprint density at radius 1 is 1.40 bits per heavy atom. The van der Waals surface area contributed by atoms with Gasteiger partial charge >= 0.3 is 0 Å². The van der Waals surface area contributed by atoms with Crippen LogP contribution in [0, 0.1) is 11.8 Å². The lowest BCUT2D eigenvalue weighted by Crippen LogP contribution is -2.29. The van der Waals surface area contributed by atoms with Gasteiger partial charge in [0.2, 0.25) is 0 Å². The van der Waals surface area contributed by atoms with Gasteiger partial charge in [0.25, 0.3) is 0 Å². The smallest absolute Gasteiger partial charge is 0.00223 e. The summed E-state index contributed by atoms with van der Waals surface area (Å²) in [5.41, 5.74) is 0. The summed E-state index contributed by atoms with van der Waals surface area (Å²) in [5, 5.41) is 3.58. The average Bonchev–Trinajstić information content (AvgIpc) is 2.62. The first-order valence-corrected chi connectivity index (χ1v) is 6.65. The molecule has 0 bridgehead atoms. The van der Waals surface area contributed by atoms with E-state index in [9.17, 15) is 0 Å². The van der Waals surface area contributed by atoms with E-state index in [0.29, 0.717) is 0 Å². The molecule has 0 aromatic rings. The molecule has 1 saturated heterocycles.